The first-order chi connectivity index (χ1) is 9.24. The minimum absolute atomic E-state index is 0.137. The lowest BCUT2D eigenvalue weighted by atomic mass is 10.00. The van der Waals surface area contributed by atoms with Gasteiger partial charge in [-0.25, -0.2) is 0 Å². The van der Waals surface area contributed by atoms with E-state index in [9.17, 15) is 0 Å². The fourth-order valence-electron chi connectivity index (χ4n) is 2.76. The van der Waals surface area contributed by atoms with Gasteiger partial charge < -0.3 is 15.2 Å². The molecule has 19 heavy (non-hydrogen) atoms. The van der Waals surface area contributed by atoms with Crippen LogP contribution in [0.15, 0.2) is 18.2 Å². The highest BCUT2D eigenvalue weighted by atomic mass is 16.5. The van der Waals surface area contributed by atoms with Gasteiger partial charge in [0, 0.05) is 6.04 Å². The van der Waals surface area contributed by atoms with Crippen molar-refractivity contribution in [1.29, 1.82) is 0 Å². The van der Waals surface area contributed by atoms with Crippen LogP contribution in [0.3, 0.4) is 0 Å². The largest absolute Gasteiger partial charge is 0.493 e. The van der Waals surface area contributed by atoms with Gasteiger partial charge in [0.2, 0.25) is 0 Å². The maximum absolute atomic E-state index is 6.21. The van der Waals surface area contributed by atoms with Crippen molar-refractivity contribution in [3.63, 3.8) is 0 Å². The van der Waals surface area contributed by atoms with Gasteiger partial charge in [-0.1, -0.05) is 25.8 Å². The van der Waals surface area contributed by atoms with Crippen LogP contribution in [0.2, 0.25) is 0 Å². The first-order valence-electron chi connectivity index (χ1n) is 7.30. The van der Waals surface area contributed by atoms with Crippen LogP contribution in [0.1, 0.15) is 38.2 Å². The van der Waals surface area contributed by atoms with E-state index in [1.165, 1.54) is 31.2 Å². The molecule has 3 heteroatoms. The summed E-state index contributed by atoms with van der Waals surface area (Å²) in [4.78, 5) is 0. The molecule has 1 saturated carbocycles. The van der Waals surface area contributed by atoms with Gasteiger partial charge in [-0.2, -0.15) is 0 Å². The maximum Gasteiger partial charge on any atom is 0.161 e. The van der Waals surface area contributed by atoms with E-state index in [0.717, 1.165) is 17.9 Å². The average molecular weight is 263 g/mol. The molecule has 0 amide bonds. The Morgan fingerprint density at radius 2 is 2.00 bits per heavy atom. The summed E-state index contributed by atoms with van der Waals surface area (Å²) in [6.07, 6.45) is 6.12. The molecule has 0 saturated heterocycles. The Balaban J connectivity index is 1.94. The molecule has 0 aromatic heterocycles. The highest BCUT2D eigenvalue weighted by molar-refractivity contribution is 5.42. The van der Waals surface area contributed by atoms with Gasteiger partial charge in [-0.05, 0) is 42.9 Å². The standard InChI is InChI=1S/C16H25NO2/c1-3-12-8-9-15(16(10-12)18-2)19-11-14(17)13-6-4-5-7-13/h8-10,13-14H,3-7,11,17H2,1-2H3. The Labute approximate surface area is 116 Å². The summed E-state index contributed by atoms with van der Waals surface area (Å²) >= 11 is 0. The van der Waals surface area contributed by atoms with Crippen molar-refractivity contribution >= 4 is 0 Å². The van der Waals surface area contributed by atoms with Gasteiger partial charge >= 0.3 is 0 Å². The molecule has 1 aliphatic carbocycles. The van der Waals surface area contributed by atoms with Crippen LogP contribution < -0.4 is 15.2 Å². The molecule has 1 aromatic carbocycles. The third kappa shape index (κ3) is 3.63. The highest BCUT2D eigenvalue weighted by Gasteiger charge is 2.22. The lowest BCUT2D eigenvalue weighted by Crippen LogP contribution is -2.34. The van der Waals surface area contributed by atoms with E-state index in [4.69, 9.17) is 15.2 Å². The van der Waals surface area contributed by atoms with Crippen LogP contribution >= 0.6 is 0 Å². The predicted octanol–water partition coefficient (Wildman–Crippen LogP) is 3.15. The van der Waals surface area contributed by atoms with Gasteiger partial charge in [0.25, 0.3) is 0 Å². The van der Waals surface area contributed by atoms with Crippen LogP contribution in [-0.2, 0) is 6.42 Å². The summed E-state index contributed by atoms with van der Waals surface area (Å²) in [6.45, 7) is 2.71. The highest BCUT2D eigenvalue weighted by Crippen LogP contribution is 2.30. The molecule has 0 aliphatic heterocycles. The summed E-state index contributed by atoms with van der Waals surface area (Å²) in [7, 11) is 1.68. The fourth-order valence-corrected chi connectivity index (χ4v) is 2.76. The Bertz CT molecular complexity index is 400. The van der Waals surface area contributed by atoms with Gasteiger partial charge in [-0.15, -0.1) is 0 Å². The fraction of sp³-hybridized carbons (Fsp3) is 0.625. The van der Waals surface area contributed by atoms with Crippen molar-refractivity contribution in [3.8, 4) is 11.5 Å². The number of benzene rings is 1. The molecule has 1 atom stereocenters. The quantitative estimate of drug-likeness (QED) is 0.857. The number of nitrogens with two attached hydrogens (primary N) is 1. The van der Waals surface area contributed by atoms with Crippen molar-refractivity contribution in [2.24, 2.45) is 11.7 Å². The molecule has 1 aromatic rings. The topological polar surface area (TPSA) is 44.5 Å². The monoisotopic (exact) mass is 263 g/mol. The van der Waals surface area contributed by atoms with E-state index in [0.29, 0.717) is 12.5 Å². The van der Waals surface area contributed by atoms with E-state index in [-0.39, 0.29) is 6.04 Å². The summed E-state index contributed by atoms with van der Waals surface area (Å²) < 4.78 is 11.2. The Morgan fingerprint density at radius 3 is 2.63 bits per heavy atom. The first-order valence-corrected chi connectivity index (χ1v) is 7.30. The molecular formula is C16H25NO2. The zero-order chi connectivity index (χ0) is 13.7. The second-order valence-corrected chi connectivity index (χ2v) is 5.36. The lowest BCUT2D eigenvalue weighted by molar-refractivity contribution is 0.237. The van der Waals surface area contributed by atoms with Crippen molar-refractivity contribution in [2.45, 2.75) is 45.1 Å². The molecule has 0 spiro atoms. The van der Waals surface area contributed by atoms with E-state index in [1.807, 2.05) is 12.1 Å². The van der Waals surface area contributed by atoms with Crippen LogP contribution in [0.5, 0.6) is 11.5 Å². The zero-order valence-corrected chi connectivity index (χ0v) is 12.0. The van der Waals surface area contributed by atoms with Crippen molar-refractivity contribution in [1.82, 2.24) is 0 Å². The molecule has 2 N–H and O–H groups in total. The van der Waals surface area contributed by atoms with Crippen LogP contribution in [0.4, 0.5) is 0 Å². The number of rotatable bonds is 6. The van der Waals surface area contributed by atoms with Gasteiger partial charge in [0.15, 0.2) is 11.5 Å². The molecular weight excluding hydrogens is 238 g/mol. The Kier molecular flexibility index (Phi) is 5.08. The smallest absolute Gasteiger partial charge is 0.161 e. The molecule has 0 bridgehead atoms. The van der Waals surface area contributed by atoms with Crippen LogP contribution in [0.25, 0.3) is 0 Å². The maximum atomic E-state index is 6.21. The molecule has 2 rings (SSSR count). The van der Waals surface area contributed by atoms with Crippen LogP contribution in [-0.4, -0.2) is 19.8 Å². The van der Waals surface area contributed by atoms with E-state index in [1.54, 1.807) is 7.11 Å². The predicted molar refractivity (Wildman–Crippen MR) is 77.8 cm³/mol. The SMILES string of the molecule is CCc1ccc(OCC(N)C2CCCC2)c(OC)c1. The normalized spacial score (nSPS) is 17.4. The van der Waals surface area contributed by atoms with Crippen molar-refractivity contribution in [3.05, 3.63) is 23.8 Å². The average Bonchev–Trinajstić information content (AvgIpc) is 2.98. The number of hydrogen-bond donors (Lipinski definition) is 1. The summed E-state index contributed by atoms with van der Waals surface area (Å²) in [5.41, 5.74) is 7.46. The Morgan fingerprint density at radius 1 is 1.26 bits per heavy atom. The van der Waals surface area contributed by atoms with E-state index >= 15 is 0 Å². The number of hydrogen-bond acceptors (Lipinski definition) is 3. The van der Waals surface area contributed by atoms with Crippen molar-refractivity contribution in [2.75, 3.05) is 13.7 Å². The third-order valence-electron chi connectivity index (χ3n) is 4.07. The van der Waals surface area contributed by atoms with E-state index in [2.05, 4.69) is 13.0 Å². The Hall–Kier alpha value is -1.22. The second kappa shape index (κ2) is 6.80. The molecule has 0 radical (unpaired) electrons. The summed E-state index contributed by atoms with van der Waals surface area (Å²) in [5, 5.41) is 0. The number of aryl methyl sites for hydroxylation is 1. The molecule has 106 valence electrons. The van der Waals surface area contributed by atoms with Crippen LogP contribution in [0, 0.1) is 5.92 Å². The molecule has 3 nitrogen and oxygen atoms in total. The third-order valence-corrected chi connectivity index (χ3v) is 4.07. The first kappa shape index (κ1) is 14.2. The molecule has 1 fully saturated rings. The second-order valence-electron chi connectivity index (χ2n) is 5.36. The summed E-state index contributed by atoms with van der Waals surface area (Å²) in [6, 6.07) is 6.24. The number of methoxy groups -OCH3 is 1. The summed E-state index contributed by atoms with van der Waals surface area (Å²) in [5.74, 6) is 2.23. The minimum Gasteiger partial charge on any atom is -0.493 e. The molecule has 1 aliphatic rings. The molecule has 0 heterocycles. The number of ether oxygens (including phenoxy) is 2. The van der Waals surface area contributed by atoms with Gasteiger partial charge in [0.05, 0.1) is 7.11 Å². The van der Waals surface area contributed by atoms with E-state index < -0.39 is 0 Å². The molecule has 1 unspecified atom stereocenters. The zero-order valence-electron chi connectivity index (χ0n) is 12.0. The lowest BCUT2D eigenvalue weighted by Gasteiger charge is -2.20. The van der Waals surface area contributed by atoms with Crippen molar-refractivity contribution < 1.29 is 9.47 Å². The minimum atomic E-state index is 0.137. The van der Waals surface area contributed by atoms with Gasteiger partial charge in [-0.3, -0.25) is 0 Å². The van der Waals surface area contributed by atoms with Gasteiger partial charge in [0.1, 0.15) is 6.61 Å².